The molecule has 0 amide bonds. The summed E-state index contributed by atoms with van der Waals surface area (Å²) in [5, 5.41) is 9.20. The minimum Gasteiger partial charge on any atom is -0.456 e. The Labute approximate surface area is 686 Å². The van der Waals surface area contributed by atoms with E-state index in [1.165, 1.54) is 111 Å². The number of hydrogen-bond donors (Lipinski definition) is 1. The third-order valence-electron chi connectivity index (χ3n) is 17.0. The summed E-state index contributed by atoms with van der Waals surface area (Å²) in [6.07, 6.45) is -11.9. The van der Waals surface area contributed by atoms with Crippen LogP contribution in [0.2, 0.25) is 6.82 Å². The Bertz CT molecular complexity index is 3020. The van der Waals surface area contributed by atoms with Crippen molar-refractivity contribution in [3.63, 3.8) is 0 Å². The van der Waals surface area contributed by atoms with E-state index in [9.17, 15) is 86.1 Å². The molecule has 0 saturated carbocycles. The Morgan fingerprint density at radius 1 is 0.305 bits per heavy atom. The number of esters is 15. The smallest absolute Gasteiger partial charge is 0.351 e. The zero-order chi connectivity index (χ0) is 91.1. The molecule has 0 aromatic carbocycles. The maximum absolute atomic E-state index is 11.5. The fourth-order valence-electron chi connectivity index (χ4n) is 13.2. The van der Waals surface area contributed by atoms with Gasteiger partial charge in [0.05, 0.1) is 42.7 Å². The summed E-state index contributed by atoms with van der Waals surface area (Å²) in [4.78, 5) is 182. The molecular weight excluding hydrogens is 1580 g/mol. The van der Waals surface area contributed by atoms with Crippen LogP contribution in [0.5, 0.6) is 0 Å². The van der Waals surface area contributed by atoms with Crippen LogP contribution in [-0.2, 0) is 171 Å². The first-order valence-corrected chi connectivity index (χ1v) is 38.4. The lowest BCUT2D eigenvalue weighted by molar-refractivity contribution is -0.248. The SMILES string of the molecule is C=CC[C@H]1O[C@H](CC)[C@H](OC(C)=O)[C@H](OC(C)=O)[C@H]1OC(C)=O.CCC[C@H]1O[C@H](CC)[C@H](OC(C)=O)[C@H](OC(C)=O)[C@H]1OC(C)=O.CC[C@H]1O[C@H](C)[C@H](OC(C)=O)[C@@H](OC(C)=O)[C@H]1OC(C)=O.CC[C@H]1O[C@H](CC=O)[C@H](OC(C)=O)[C@@H](OC(C)=O)[C@H]1OC(C)=O.CC[C@H]1O[C@H](CCO)[C@H](OC(C)=O)[C@@H](OC(C)=O)[C@H]1OC(C)=O.C[B]F.FF. The van der Waals surface area contributed by atoms with E-state index in [4.69, 9.17) is 104 Å². The van der Waals surface area contributed by atoms with Crippen molar-refractivity contribution in [3.05, 3.63) is 12.7 Å². The van der Waals surface area contributed by atoms with E-state index in [1.54, 1.807) is 19.9 Å². The third kappa shape index (κ3) is 40.2. The zero-order valence-electron chi connectivity index (χ0n) is 71.4. The summed E-state index contributed by atoms with van der Waals surface area (Å²) in [5.41, 5.74) is 0. The van der Waals surface area contributed by atoms with E-state index in [2.05, 4.69) is 6.58 Å². The summed E-state index contributed by atoms with van der Waals surface area (Å²) in [6.45, 7) is 36.4. The first-order chi connectivity index (χ1) is 55.3. The van der Waals surface area contributed by atoms with Crippen LogP contribution in [0.25, 0.3) is 0 Å². The van der Waals surface area contributed by atoms with Crippen molar-refractivity contribution in [1.82, 2.24) is 0 Å². The molecule has 0 aromatic rings. The maximum Gasteiger partial charge on any atom is 0.351 e. The predicted octanol–water partition coefficient (Wildman–Crippen LogP) is 6.63. The van der Waals surface area contributed by atoms with Crippen LogP contribution in [0, 0.1) is 0 Å². The Kier molecular flexibility index (Phi) is 55.4. The molecule has 0 spiro atoms. The molecule has 25 atom stereocenters. The largest absolute Gasteiger partial charge is 0.456 e. The van der Waals surface area contributed by atoms with Crippen LogP contribution in [0.3, 0.4) is 0 Å². The molecule has 5 aliphatic rings. The maximum atomic E-state index is 11.5. The Balaban J connectivity index is 0. The van der Waals surface area contributed by atoms with Crippen LogP contribution in [0.1, 0.15) is 217 Å². The first-order valence-electron chi connectivity index (χ1n) is 38.4. The standard InChI is InChI=1S/C16H26O7.C16H24O7.C15H24O8.C15H22O8.C14H22O7.CH3BF.F2/c2*1-6-8-13-15(21-10(4)18)16(22-11(5)19)14(20-9(3)17)12(7-2)23-13;2*1-5-11-13(20-8(2)17)15(22-10(4)19)14(21-9(3)18)12(23-11)6-7-16;1-6-11-13(20-9(4)16)14(21-10(5)17)12(7(2)18-11)19-8(3)15;1-2-3;1-2/h12-16H,6-8H2,1-5H3;6,12-16H,1,7-8H2,2-5H3;11-16H,5-7H2,1-4H3;7,11-15H,5-6H2,1-4H3;7,11-14H,6H2,1-5H3;1H3;/t2*12-,13-,14+,15+,16+;2*11-,12-,13+,14+,15+;7-,11-,12+,13+,14-;;/m11111../s1. The van der Waals surface area contributed by atoms with Crippen molar-refractivity contribution < 1.29 is 190 Å². The zero-order valence-corrected chi connectivity index (χ0v) is 71.4. The molecule has 37 nitrogen and oxygen atoms in total. The van der Waals surface area contributed by atoms with Crippen molar-refractivity contribution in [2.24, 2.45) is 0 Å². The van der Waals surface area contributed by atoms with Gasteiger partial charge in [0, 0.05) is 132 Å². The summed E-state index contributed by atoms with van der Waals surface area (Å²) in [5.74, 6) is -8.32. The van der Waals surface area contributed by atoms with Crippen molar-refractivity contribution >= 4 is 103 Å². The van der Waals surface area contributed by atoms with E-state index in [0.29, 0.717) is 58.8 Å². The minimum absolute atomic E-state index is 0.0427. The molecule has 0 bridgehead atoms. The highest BCUT2D eigenvalue weighted by Gasteiger charge is 2.56. The van der Waals surface area contributed by atoms with Gasteiger partial charge in [-0.3, -0.25) is 71.9 Å². The third-order valence-corrected chi connectivity index (χ3v) is 17.0. The van der Waals surface area contributed by atoms with Gasteiger partial charge in [0.1, 0.15) is 24.6 Å². The van der Waals surface area contributed by atoms with Gasteiger partial charge in [-0.05, 0) is 51.9 Å². The second kappa shape index (κ2) is 58.9. The average Bonchev–Trinajstić information content (AvgIpc) is 0.829. The van der Waals surface area contributed by atoms with Gasteiger partial charge in [-0.2, -0.15) is 0 Å². The number of aldehydes is 1. The number of rotatable bonds is 28. The first kappa shape index (κ1) is 111. The molecule has 5 saturated heterocycles. The Morgan fingerprint density at radius 3 is 0.669 bits per heavy atom. The van der Waals surface area contributed by atoms with E-state index in [-0.39, 0.29) is 19.4 Å². The predicted molar refractivity (Wildman–Crippen MR) is 401 cm³/mol. The molecule has 675 valence electrons. The number of aliphatic hydroxyl groups excluding tert-OH is 1. The monoisotopic (exact) mass is 1710 g/mol. The van der Waals surface area contributed by atoms with E-state index >= 15 is 0 Å². The fraction of sp³-hybridized carbons (Fsp3) is 0.766. The minimum atomic E-state index is -1.04. The van der Waals surface area contributed by atoms with Gasteiger partial charge in [0.25, 0.3) is 0 Å². The lowest BCUT2D eigenvalue weighted by Gasteiger charge is -2.44. The molecule has 0 aromatic heterocycles. The summed E-state index contributed by atoms with van der Waals surface area (Å²) in [6, 6.07) is 0. The molecule has 5 rings (SSSR count). The molecule has 0 unspecified atom stereocenters. The van der Waals surface area contributed by atoms with Crippen LogP contribution in [-0.4, -0.2) is 268 Å². The number of halogens is 3. The van der Waals surface area contributed by atoms with E-state index < -0.39 is 242 Å². The van der Waals surface area contributed by atoms with Crippen molar-refractivity contribution in [1.29, 1.82) is 0 Å². The van der Waals surface area contributed by atoms with Crippen molar-refractivity contribution in [3.8, 4) is 0 Å². The second-order valence-electron chi connectivity index (χ2n) is 26.8. The fourth-order valence-corrected chi connectivity index (χ4v) is 13.2. The van der Waals surface area contributed by atoms with Gasteiger partial charge in [-0.25, -0.2) is 0 Å². The van der Waals surface area contributed by atoms with E-state index in [0.717, 1.165) is 6.42 Å². The van der Waals surface area contributed by atoms with Gasteiger partial charge in [-0.15, -0.1) is 6.58 Å². The molecular formula is C77H121BF3O37. The second-order valence-corrected chi connectivity index (χ2v) is 26.8. The number of carbonyl (C=O) groups excluding carboxylic acids is 16. The Morgan fingerprint density at radius 2 is 0.475 bits per heavy atom. The quantitative estimate of drug-likeness (QED) is 0.0282. The molecule has 118 heavy (non-hydrogen) atoms. The highest BCUT2D eigenvalue weighted by atomic mass is 20.0. The number of ether oxygens (including phenoxy) is 20. The van der Waals surface area contributed by atoms with E-state index in [1.807, 2.05) is 34.6 Å². The molecule has 1 radical (unpaired) electrons. The van der Waals surface area contributed by atoms with Crippen LogP contribution in [0.15, 0.2) is 12.7 Å². The lowest BCUT2D eigenvalue weighted by Crippen LogP contribution is -2.61. The normalized spacial score (nSPS) is 29.5. The summed E-state index contributed by atoms with van der Waals surface area (Å²) < 4.78 is 134. The van der Waals surface area contributed by atoms with Crippen LogP contribution >= 0.6 is 0 Å². The van der Waals surface area contributed by atoms with Gasteiger partial charge in [0.2, 0.25) is 0 Å². The van der Waals surface area contributed by atoms with Gasteiger partial charge < -0.3 is 109 Å². The van der Waals surface area contributed by atoms with Gasteiger partial charge in [-0.1, -0.05) is 60.9 Å². The molecule has 0 aliphatic carbocycles. The molecule has 1 N–H and O–H groups in total. The van der Waals surface area contributed by atoms with Crippen LogP contribution in [0.4, 0.5) is 13.5 Å². The van der Waals surface area contributed by atoms with Crippen LogP contribution < -0.4 is 0 Å². The molecule has 5 aliphatic heterocycles. The lowest BCUT2D eigenvalue weighted by atomic mass is 9.91. The topological polar surface area (TPSA) is 478 Å². The Hall–Kier alpha value is -8.93. The highest BCUT2D eigenvalue weighted by molar-refractivity contribution is 6.23. The van der Waals surface area contributed by atoms with Gasteiger partial charge >= 0.3 is 97.1 Å². The molecule has 5 fully saturated rings. The number of carbonyl (C=O) groups is 16. The summed E-state index contributed by atoms with van der Waals surface area (Å²) in [7, 11) is 0.500. The highest BCUT2D eigenvalue weighted by Crippen LogP contribution is 2.37. The number of aliphatic hydroxyl groups is 1. The molecule has 5 heterocycles. The van der Waals surface area contributed by atoms with Gasteiger partial charge in [0.15, 0.2) is 91.6 Å². The van der Waals surface area contributed by atoms with Crippen molar-refractivity contribution in [2.45, 2.75) is 376 Å². The summed E-state index contributed by atoms with van der Waals surface area (Å²) >= 11 is 0. The average molecular weight is 1710 g/mol. The number of hydrogen-bond acceptors (Lipinski definition) is 37. The molecule has 41 heteroatoms. The van der Waals surface area contributed by atoms with Crippen molar-refractivity contribution in [2.75, 3.05) is 6.61 Å².